The second kappa shape index (κ2) is 6.74. The van der Waals surface area contributed by atoms with Crippen molar-refractivity contribution < 1.29 is 19.4 Å². The lowest BCUT2D eigenvalue weighted by atomic mass is 9.92. The molecular formula is C14H24N2O4. The summed E-state index contributed by atoms with van der Waals surface area (Å²) in [7, 11) is 0. The van der Waals surface area contributed by atoms with Crippen molar-refractivity contribution in [2.75, 3.05) is 19.6 Å². The highest BCUT2D eigenvalue weighted by molar-refractivity contribution is 5.74. The van der Waals surface area contributed by atoms with Gasteiger partial charge in [-0.25, -0.2) is 4.79 Å². The molecular weight excluding hydrogens is 260 g/mol. The topological polar surface area (TPSA) is 78.9 Å². The van der Waals surface area contributed by atoms with Gasteiger partial charge in [0, 0.05) is 25.7 Å². The van der Waals surface area contributed by atoms with Crippen molar-refractivity contribution in [3.63, 3.8) is 0 Å². The quantitative estimate of drug-likeness (QED) is 0.764. The van der Waals surface area contributed by atoms with Crippen LogP contribution in [0.5, 0.6) is 0 Å². The highest BCUT2D eigenvalue weighted by Crippen LogP contribution is 2.20. The molecule has 1 aliphatic rings. The van der Waals surface area contributed by atoms with Crippen molar-refractivity contribution in [3.05, 3.63) is 12.7 Å². The molecule has 1 aliphatic heterocycles. The predicted molar refractivity (Wildman–Crippen MR) is 75.5 cm³/mol. The number of amides is 1. The van der Waals surface area contributed by atoms with Gasteiger partial charge in [-0.15, -0.1) is 6.58 Å². The number of carboxylic acids is 1. The molecule has 114 valence electrons. The van der Waals surface area contributed by atoms with Crippen LogP contribution >= 0.6 is 0 Å². The van der Waals surface area contributed by atoms with Crippen LogP contribution in [-0.4, -0.2) is 53.3 Å². The second-order valence-corrected chi connectivity index (χ2v) is 5.96. The Balaban J connectivity index is 2.66. The molecule has 0 radical (unpaired) electrons. The molecule has 0 aromatic carbocycles. The standard InChI is InChI=1S/C14H24N2O4/c1-5-7-15-11-6-8-16(9-10(11)12(17)18)13(19)20-14(2,3)4/h5,10-11,15H,1,6-9H2,2-4H3,(H,17,18)/t10-,11+/m1/s1. The molecule has 0 aliphatic carbocycles. The van der Waals surface area contributed by atoms with Gasteiger partial charge in [-0.05, 0) is 27.2 Å². The van der Waals surface area contributed by atoms with Crippen LogP contribution in [0, 0.1) is 5.92 Å². The van der Waals surface area contributed by atoms with E-state index in [9.17, 15) is 14.7 Å². The number of carbonyl (C=O) groups is 2. The van der Waals surface area contributed by atoms with Crippen LogP contribution in [0.15, 0.2) is 12.7 Å². The third-order valence-electron chi connectivity index (χ3n) is 3.11. The number of carboxylic acid groups (broad SMARTS) is 1. The maximum atomic E-state index is 12.0. The van der Waals surface area contributed by atoms with Crippen molar-refractivity contribution in [2.45, 2.75) is 38.8 Å². The molecule has 0 aromatic rings. The zero-order valence-corrected chi connectivity index (χ0v) is 12.4. The van der Waals surface area contributed by atoms with Crippen LogP contribution in [0.3, 0.4) is 0 Å². The fourth-order valence-corrected chi connectivity index (χ4v) is 2.17. The maximum absolute atomic E-state index is 12.0. The SMILES string of the molecule is C=CCN[C@H]1CCN(C(=O)OC(C)(C)C)C[C@H]1C(=O)O. The number of likely N-dealkylation sites (tertiary alicyclic amines) is 1. The fraction of sp³-hybridized carbons (Fsp3) is 0.714. The van der Waals surface area contributed by atoms with Crippen LogP contribution in [0.4, 0.5) is 4.79 Å². The van der Waals surface area contributed by atoms with Gasteiger partial charge in [0.1, 0.15) is 5.60 Å². The number of hydrogen-bond donors (Lipinski definition) is 2. The normalized spacial score (nSPS) is 23.2. The number of rotatable bonds is 4. The van der Waals surface area contributed by atoms with E-state index in [1.807, 2.05) is 0 Å². The van der Waals surface area contributed by atoms with Crippen molar-refractivity contribution in [1.29, 1.82) is 0 Å². The minimum absolute atomic E-state index is 0.149. The first-order valence-electron chi connectivity index (χ1n) is 6.79. The second-order valence-electron chi connectivity index (χ2n) is 5.96. The zero-order chi connectivity index (χ0) is 15.3. The summed E-state index contributed by atoms with van der Waals surface area (Å²) in [6.07, 6.45) is 1.83. The van der Waals surface area contributed by atoms with E-state index in [4.69, 9.17) is 4.74 Å². The Bertz CT molecular complexity index is 376. The van der Waals surface area contributed by atoms with Gasteiger partial charge in [0.05, 0.1) is 5.92 Å². The summed E-state index contributed by atoms with van der Waals surface area (Å²) in [6.45, 7) is 10.2. The van der Waals surface area contributed by atoms with Crippen molar-refractivity contribution in [1.82, 2.24) is 10.2 Å². The molecule has 1 amide bonds. The maximum Gasteiger partial charge on any atom is 0.410 e. The Labute approximate surface area is 119 Å². The molecule has 2 atom stereocenters. The average molecular weight is 284 g/mol. The zero-order valence-electron chi connectivity index (χ0n) is 12.4. The Morgan fingerprint density at radius 3 is 2.65 bits per heavy atom. The number of carbonyl (C=O) groups excluding carboxylic acids is 1. The van der Waals surface area contributed by atoms with Gasteiger partial charge in [0.25, 0.3) is 0 Å². The fourth-order valence-electron chi connectivity index (χ4n) is 2.17. The van der Waals surface area contributed by atoms with E-state index in [1.165, 1.54) is 4.90 Å². The van der Waals surface area contributed by atoms with Gasteiger partial charge in [-0.1, -0.05) is 6.08 Å². The van der Waals surface area contributed by atoms with Gasteiger partial charge in [-0.2, -0.15) is 0 Å². The molecule has 0 saturated carbocycles. The van der Waals surface area contributed by atoms with Gasteiger partial charge in [-0.3, -0.25) is 4.79 Å². The molecule has 1 saturated heterocycles. The van der Waals surface area contributed by atoms with Crippen molar-refractivity contribution in [3.8, 4) is 0 Å². The van der Waals surface area contributed by atoms with E-state index in [1.54, 1.807) is 26.8 Å². The molecule has 0 aromatic heterocycles. The molecule has 0 unspecified atom stereocenters. The molecule has 1 rings (SSSR count). The largest absolute Gasteiger partial charge is 0.481 e. The lowest BCUT2D eigenvalue weighted by molar-refractivity contribution is -0.144. The molecule has 20 heavy (non-hydrogen) atoms. The summed E-state index contributed by atoms with van der Waals surface area (Å²) in [5.74, 6) is -1.53. The summed E-state index contributed by atoms with van der Waals surface area (Å²) in [5.41, 5.74) is -0.576. The van der Waals surface area contributed by atoms with E-state index >= 15 is 0 Å². The summed E-state index contributed by atoms with van der Waals surface area (Å²) < 4.78 is 5.28. The van der Waals surface area contributed by atoms with E-state index in [0.717, 1.165) is 0 Å². The van der Waals surface area contributed by atoms with Crippen LogP contribution in [-0.2, 0) is 9.53 Å². The first kappa shape index (κ1) is 16.5. The van der Waals surface area contributed by atoms with E-state index in [-0.39, 0.29) is 12.6 Å². The number of ether oxygens (including phenoxy) is 1. The van der Waals surface area contributed by atoms with E-state index in [2.05, 4.69) is 11.9 Å². The Morgan fingerprint density at radius 2 is 2.15 bits per heavy atom. The smallest absolute Gasteiger partial charge is 0.410 e. The number of piperidine rings is 1. The summed E-state index contributed by atoms with van der Waals surface area (Å²) in [5, 5.41) is 12.4. The third kappa shape index (κ3) is 4.85. The van der Waals surface area contributed by atoms with Crippen molar-refractivity contribution >= 4 is 12.1 Å². The van der Waals surface area contributed by atoms with Crippen LogP contribution < -0.4 is 5.32 Å². The lowest BCUT2D eigenvalue weighted by Gasteiger charge is -2.37. The van der Waals surface area contributed by atoms with Crippen LogP contribution in [0.2, 0.25) is 0 Å². The summed E-state index contributed by atoms with van der Waals surface area (Å²) >= 11 is 0. The summed E-state index contributed by atoms with van der Waals surface area (Å²) in [6, 6.07) is -0.149. The molecule has 2 N–H and O–H groups in total. The molecule has 6 nitrogen and oxygen atoms in total. The highest BCUT2D eigenvalue weighted by Gasteiger charge is 2.37. The highest BCUT2D eigenvalue weighted by atomic mass is 16.6. The van der Waals surface area contributed by atoms with Crippen molar-refractivity contribution in [2.24, 2.45) is 5.92 Å². The van der Waals surface area contributed by atoms with Gasteiger partial charge < -0.3 is 20.1 Å². The molecule has 6 heteroatoms. The first-order valence-corrected chi connectivity index (χ1v) is 6.79. The monoisotopic (exact) mass is 284 g/mol. The van der Waals surface area contributed by atoms with Crippen LogP contribution in [0.25, 0.3) is 0 Å². The minimum Gasteiger partial charge on any atom is -0.481 e. The summed E-state index contributed by atoms with van der Waals surface area (Å²) in [4.78, 5) is 24.8. The van der Waals surface area contributed by atoms with Gasteiger partial charge in [0.15, 0.2) is 0 Å². The lowest BCUT2D eigenvalue weighted by Crippen LogP contribution is -2.54. The average Bonchev–Trinajstić information content (AvgIpc) is 2.33. The molecule has 0 spiro atoms. The van der Waals surface area contributed by atoms with Gasteiger partial charge in [0.2, 0.25) is 0 Å². The van der Waals surface area contributed by atoms with E-state index < -0.39 is 23.6 Å². The molecule has 1 fully saturated rings. The molecule has 0 bridgehead atoms. The molecule has 1 heterocycles. The van der Waals surface area contributed by atoms with Gasteiger partial charge >= 0.3 is 12.1 Å². The first-order chi connectivity index (χ1) is 9.24. The Kier molecular flexibility index (Phi) is 5.56. The Hall–Kier alpha value is -1.56. The minimum atomic E-state index is -0.903. The third-order valence-corrected chi connectivity index (χ3v) is 3.11. The number of hydrogen-bond acceptors (Lipinski definition) is 4. The number of aliphatic carboxylic acids is 1. The number of nitrogens with zero attached hydrogens (tertiary/aromatic N) is 1. The number of nitrogens with one attached hydrogen (secondary N) is 1. The Morgan fingerprint density at radius 1 is 1.50 bits per heavy atom. The van der Waals surface area contributed by atoms with Crippen LogP contribution in [0.1, 0.15) is 27.2 Å². The van der Waals surface area contributed by atoms with E-state index in [0.29, 0.717) is 19.5 Å². The predicted octanol–water partition coefficient (Wildman–Crippen LogP) is 1.47.